The number of anilines is 2. The van der Waals surface area contributed by atoms with E-state index in [0.717, 1.165) is 4.31 Å². The van der Waals surface area contributed by atoms with Crippen LogP contribution in [-0.2, 0) is 14.8 Å². The van der Waals surface area contributed by atoms with Gasteiger partial charge in [-0.05, 0) is 48.5 Å². The van der Waals surface area contributed by atoms with Gasteiger partial charge in [0.25, 0.3) is 10.0 Å². The topological polar surface area (TPSA) is 103 Å². The summed E-state index contributed by atoms with van der Waals surface area (Å²) in [6, 6.07) is 15.2. The lowest BCUT2D eigenvalue weighted by molar-refractivity contribution is -0.114. The molecule has 0 bridgehead atoms. The maximum Gasteiger partial charge on any atom is 0.264 e. The first-order valence-corrected chi connectivity index (χ1v) is 12.1. The monoisotopic (exact) mass is 520 g/mol. The molecular formula is C24H25ClN2O7S. The lowest BCUT2D eigenvalue weighted by Gasteiger charge is -2.25. The van der Waals surface area contributed by atoms with Crippen LogP contribution in [0.3, 0.4) is 0 Å². The van der Waals surface area contributed by atoms with Crippen molar-refractivity contribution in [3.8, 4) is 23.0 Å². The number of rotatable bonds is 10. The van der Waals surface area contributed by atoms with Crippen LogP contribution in [0.2, 0.25) is 5.02 Å². The van der Waals surface area contributed by atoms with E-state index in [1.165, 1.54) is 58.8 Å². The third-order valence-electron chi connectivity index (χ3n) is 5.03. The molecule has 0 aliphatic carbocycles. The second-order valence-electron chi connectivity index (χ2n) is 7.12. The van der Waals surface area contributed by atoms with Crippen LogP contribution in [-0.4, -0.2) is 49.3 Å². The van der Waals surface area contributed by atoms with E-state index in [1.54, 1.807) is 30.3 Å². The number of ether oxygens (including phenoxy) is 4. The Balaban J connectivity index is 1.98. The van der Waals surface area contributed by atoms with Crippen molar-refractivity contribution >= 4 is 38.9 Å². The van der Waals surface area contributed by atoms with E-state index in [0.29, 0.717) is 28.0 Å². The minimum absolute atomic E-state index is 0.0834. The second kappa shape index (κ2) is 11.2. The molecule has 0 aliphatic rings. The van der Waals surface area contributed by atoms with E-state index in [1.807, 2.05) is 0 Å². The van der Waals surface area contributed by atoms with Crippen molar-refractivity contribution < 1.29 is 32.2 Å². The maximum atomic E-state index is 13.7. The molecule has 3 rings (SSSR count). The van der Waals surface area contributed by atoms with Crippen LogP contribution in [0.5, 0.6) is 23.0 Å². The molecule has 0 atom stereocenters. The molecule has 0 saturated heterocycles. The molecule has 0 heterocycles. The van der Waals surface area contributed by atoms with Gasteiger partial charge >= 0.3 is 0 Å². The van der Waals surface area contributed by atoms with Gasteiger partial charge in [0.05, 0.1) is 44.7 Å². The van der Waals surface area contributed by atoms with Gasteiger partial charge in [-0.2, -0.15) is 0 Å². The van der Waals surface area contributed by atoms with Crippen LogP contribution in [0, 0.1) is 0 Å². The Morgan fingerprint density at radius 1 is 0.829 bits per heavy atom. The minimum Gasteiger partial charge on any atom is -0.497 e. The highest BCUT2D eigenvalue weighted by Crippen LogP contribution is 2.33. The summed E-state index contributed by atoms with van der Waals surface area (Å²) in [4.78, 5) is 12.9. The molecule has 0 aromatic heterocycles. The zero-order chi connectivity index (χ0) is 25.6. The molecule has 186 valence electrons. The van der Waals surface area contributed by atoms with Crippen molar-refractivity contribution in [3.05, 3.63) is 65.7 Å². The number of nitrogens with zero attached hydrogens (tertiary/aromatic N) is 1. The number of methoxy groups -OCH3 is 4. The van der Waals surface area contributed by atoms with Crippen molar-refractivity contribution in [3.63, 3.8) is 0 Å². The summed E-state index contributed by atoms with van der Waals surface area (Å²) in [6.07, 6.45) is 0. The van der Waals surface area contributed by atoms with E-state index in [9.17, 15) is 13.2 Å². The van der Waals surface area contributed by atoms with Crippen LogP contribution in [0.1, 0.15) is 0 Å². The number of hydrogen-bond acceptors (Lipinski definition) is 7. The Kier molecular flexibility index (Phi) is 8.31. The number of carbonyl (C=O) groups is 1. The maximum absolute atomic E-state index is 13.7. The third-order valence-corrected chi connectivity index (χ3v) is 7.05. The Morgan fingerprint density at radius 2 is 1.49 bits per heavy atom. The van der Waals surface area contributed by atoms with Gasteiger partial charge < -0.3 is 24.3 Å². The lowest BCUT2D eigenvalue weighted by atomic mass is 10.2. The van der Waals surface area contributed by atoms with Gasteiger partial charge in [-0.1, -0.05) is 11.6 Å². The van der Waals surface area contributed by atoms with Crippen molar-refractivity contribution in [2.45, 2.75) is 4.90 Å². The highest BCUT2D eigenvalue weighted by molar-refractivity contribution is 7.92. The van der Waals surface area contributed by atoms with Gasteiger partial charge in [0, 0.05) is 17.2 Å². The molecule has 1 N–H and O–H groups in total. The molecule has 3 aromatic rings. The predicted molar refractivity (Wildman–Crippen MR) is 134 cm³/mol. The Morgan fingerprint density at radius 3 is 2.09 bits per heavy atom. The van der Waals surface area contributed by atoms with Gasteiger partial charge in [0.15, 0.2) is 11.5 Å². The second-order valence-corrected chi connectivity index (χ2v) is 9.42. The van der Waals surface area contributed by atoms with E-state index >= 15 is 0 Å². The largest absolute Gasteiger partial charge is 0.497 e. The average Bonchev–Trinajstić information content (AvgIpc) is 2.87. The van der Waals surface area contributed by atoms with Crippen LogP contribution in [0.4, 0.5) is 11.4 Å². The first kappa shape index (κ1) is 26.0. The first-order valence-electron chi connectivity index (χ1n) is 10.3. The van der Waals surface area contributed by atoms with Crippen molar-refractivity contribution in [2.75, 3.05) is 44.6 Å². The number of amides is 1. The first-order chi connectivity index (χ1) is 16.7. The van der Waals surface area contributed by atoms with Crippen LogP contribution in [0.25, 0.3) is 0 Å². The zero-order valence-corrected chi connectivity index (χ0v) is 21.1. The summed E-state index contributed by atoms with van der Waals surface area (Å²) in [5.74, 6) is 0.913. The SMILES string of the molecule is COc1ccc(NC(=O)CN(c2ccc(Cl)cc2)S(=O)(=O)c2ccc(OC)c(OC)c2)c(OC)c1. The number of nitrogens with one attached hydrogen (secondary N) is 1. The summed E-state index contributed by atoms with van der Waals surface area (Å²) < 4.78 is 49.2. The molecule has 0 saturated carbocycles. The number of carbonyl (C=O) groups excluding carboxylic acids is 1. The quantitative estimate of drug-likeness (QED) is 0.427. The molecule has 3 aromatic carbocycles. The Bertz CT molecular complexity index is 1300. The summed E-state index contributed by atoms with van der Waals surface area (Å²) in [5.41, 5.74) is 0.610. The number of hydrogen-bond donors (Lipinski definition) is 1. The van der Waals surface area contributed by atoms with E-state index < -0.39 is 22.5 Å². The molecule has 0 radical (unpaired) electrons. The number of sulfonamides is 1. The van der Waals surface area contributed by atoms with E-state index in [2.05, 4.69) is 5.32 Å². The predicted octanol–water partition coefficient (Wildman–Crippen LogP) is 4.21. The highest BCUT2D eigenvalue weighted by atomic mass is 35.5. The van der Waals surface area contributed by atoms with E-state index in [4.69, 9.17) is 30.5 Å². The van der Waals surface area contributed by atoms with Gasteiger partial charge in [-0.15, -0.1) is 0 Å². The zero-order valence-electron chi connectivity index (χ0n) is 19.6. The normalized spacial score (nSPS) is 10.9. The van der Waals surface area contributed by atoms with Crippen LogP contribution < -0.4 is 28.6 Å². The summed E-state index contributed by atoms with van der Waals surface area (Å²) >= 11 is 5.99. The summed E-state index contributed by atoms with van der Waals surface area (Å²) in [7, 11) is 1.62. The molecule has 35 heavy (non-hydrogen) atoms. The van der Waals surface area contributed by atoms with Gasteiger partial charge in [0.2, 0.25) is 5.91 Å². The summed E-state index contributed by atoms with van der Waals surface area (Å²) in [6.45, 7) is -0.520. The van der Waals surface area contributed by atoms with E-state index in [-0.39, 0.29) is 16.3 Å². The minimum atomic E-state index is -4.20. The highest BCUT2D eigenvalue weighted by Gasteiger charge is 2.28. The van der Waals surface area contributed by atoms with Crippen LogP contribution in [0.15, 0.2) is 65.6 Å². The molecular weight excluding hydrogens is 496 g/mol. The van der Waals surface area contributed by atoms with Crippen molar-refractivity contribution in [2.24, 2.45) is 0 Å². The third kappa shape index (κ3) is 5.90. The van der Waals surface area contributed by atoms with Gasteiger partial charge in [-0.25, -0.2) is 8.42 Å². The molecule has 1 amide bonds. The standard InChI is InChI=1S/C24H25ClN2O7S/c1-31-18-9-11-20(22(13-18)33-3)26-24(28)15-27(17-7-5-16(25)6-8-17)35(29,30)19-10-12-21(32-2)23(14-19)34-4/h5-14H,15H2,1-4H3,(H,26,28). The average molecular weight is 521 g/mol. The Labute approximate surface area is 209 Å². The fourth-order valence-corrected chi connectivity index (χ4v) is 4.81. The fraction of sp³-hybridized carbons (Fsp3) is 0.208. The van der Waals surface area contributed by atoms with Crippen molar-refractivity contribution in [1.82, 2.24) is 0 Å². The van der Waals surface area contributed by atoms with Crippen LogP contribution >= 0.6 is 11.6 Å². The van der Waals surface area contributed by atoms with Crippen molar-refractivity contribution in [1.29, 1.82) is 0 Å². The number of benzene rings is 3. The lowest BCUT2D eigenvalue weighted by Crippen LogP contribution is -2.38. The molecule has 0 unspecified atom stereocenters. The molecule has 11 heteroatoms. The Hall–Kier alpha value is -3.63. The van der Waals surface area contributed by atoms with Gasteiger partial charge in [-0.3, -0.25) is 9.10 Å². The molecule has 9 nitrogen and oxygen atoms in total. The van der Waals surface area contributed by atoms with Gasteiger partial charge in [0.1, 0.15) is 18.0 Å². The number of halogens is 1. The molecule has 0 fully saturated rings. The molecule has 0 spiro atoms. The fourth-order valence-electron chi connectivity index (χ4n) is 3.25. The smallest absolute Gasteiger partial charge is 0.264 e. The molecule has 0 aliphatic heterocycles. The summed E-state index contributed by atoms with van der Waals surface area (Å²) in [5, 5.41) is 3.11.